The zero-order valence-corrected chi connectivity index (χ0v) is 34.5. The lowest BCUT2D eigenvalue weighted by Gasteiger charge is -2.38. The summed E-state index contributed by atoms with van der Waals surface area (Å²) in [6.07, 6.45) is 5.43. The van der Waals surface area contributed by atoms with Gasteiger partial charge in [-0.2, -0.15) is 5.10 Å². The Labute approximate surface area is 337 Å². The maximum atomic E-state index is 15.4. The van der Waals surface area contributed by atoms with E-state index in [1.54, 1.807) is 17.0 Å². The monoisotopic (exact) mass is 794 g/mol. The van der Waals surface area contributed by atoms with Gasteiger partial charge >= 0.3 is 5.97 Å². The van der Waals surface area contributed by atoms with Gasteiger partial charge in [-0.15, -0.1) is 0 Å². The van der Waals surface area contributed by atoms with Crippen LogP contribution >= 0.6 is 23.2 Å². The normalized spacial score (nSPS) is 18.8. The number of alkyl halides is 1. The molecule has 0 radical (unpaired) electrons. The van der Waals surface area contributed by atoms with Crippen molar-refractivity contribution in [3.63, 3.8) is 0 Å². The van der Waals surface area contributed by atoms with Gasteiger partial charge in [0, 0.05) is 58.4 Å². The number of rotatable bonds is 10. The van der Waals surface area contributed by atoms with Crippen LogP contribution in [0, 0.1) is 27.7 Å². The molecule has 0 bridgehead atoms. The van der Waals surface area contributed by atoms with Gasteiger partial charge in [-0.05, 0) is 121 Å². The number of likely N-dealkylation sites (tertiary alicyclic amines) is 1. The molecule has 292 valence electrons. The molecule has 2 aliphatic heterocycles. The maximum Gasteiger partial charge on any atom is 0.335 e. The molecule has 8 rings (SSSR count). The molecule has 6 aromatic rings. The number of carbonyl (C=O) groups excluding carboxylic acids is 1. The van der Waals surface area contributed by atoms with Crippen molar-refractivity contribution in [3.8, 4) is 16.9 Å². The van der Waals surface area contributed by atoms with Crippen molar-refractivity contribution in [1.29, 1.82) is 0 Å². The number of aromatic carboxylic acids is 1. The number of carbonyl (C=O) groups is 2. The smallest absolute Gasteiger partial charge is 0.335 e. The minimum absolute atomic E-state index is 0.158. The highest BCUT2D eigenvalue weighted by molar-refractivity contribution is 6.32. The number of ether oxygens (including phenoxy) is 1. The number of hydrogen-bond acceptors (Lipinski definition) is 5. The Hall–Kier alpha value is -4.77. The first-order valence-electron chi connectivity index (χ1n) is 19.4. The second-order valence-electron chi connectivity index (χ2n) is 15.7. The predicted octanol–water partition coefficient (Wildman–Crippen LogP) is 9.47. The number of benzene rings is 3. The van der Waals surface area contributed by atoms with E-state index in [4.69, 9.17) is 33.0 Å². The summed E-state index contributed by atoms with van der Waals surface area (Å²) in [6.45, 7) is 12.3. The van der Waals surface area contributed by atoms with Crippen LogP contribution in [-0.2, 0) is 20.0 Å². The van der Waals surface area contributed by atoms with Gasteiger partial charge in [0.1, 0.15) is 16.9 Å². The fourth-order valence-electron chi connectivity index (χ4n) is 9.12. The summed E-state index contributed by atoms with van der Waals surface area (Å²) in [7, 11) is 4.09. The second-order valence-corrected chi connectivity index (χ2v) is 16.5. The molecule has 1 N–H and O–H groups in total. The summed E-state index contributed by atoms with van der Waals surface area (Å²) in [5, 5.41) is 17.2. The molecule has 3 aromatic carbocycles. The molecule has 1 saturated heterocycles. The molecule has 1 unspecified atom stereocenters. The van der Waals surface area contributed by atoms with Crippen molar-refractivity contribution in [2.45, 2.75) is 84.4 Å². The molecule has 5 heterocycles. The van der Waals surface area contributed by atoms with Crippen LogP contribution in [0.15, 0.2) is 54.7 Å². The van der Waals surface area contributed by atoms with E-state index < -0.39 is 11.5 Å². The van der Waals surface area contributed by atoms with Crippen molar-refractivity contribution in [2.75, 3.05) is 25.1 Å². The van der Waals surface area contributed by atoms with Gasteiger partial charge in [-0.3, -0.25) is 14.4 Å². The number of para-hydroxylation sites is 1. The number of hydrogen-bond donors (Lipinski definition) is 1. The second kappa shape index (κ2) is 14.6. The Bertz CT molecular complexity index is 2530. The van der Waals surface area contributed by atoms with E-state index in [1.807, 2.05) is 56.9 Å². The van der Waals surface area contributed by atoms with Crippen LogP contribution in [0.5, 0.6) is 5.75 Å². The first-order valence-corrected chi connectivity index (χ1v) is 20.2. The molecule has 0 spiro atoms. The van der Waals surface area contributed by atoms with Crippen LogP contribution in [0.25, 0.3) is 32.9 Å². The molecule has 3 aromatic heterocycles. The molecule has 2 aliphatic rings. The van der Waals surface area contributed by atoms with Crippen molar-refractivity contribution >= 4 is 62.6 Å². The summed E-state index contributed by atoms with van der Waals surface area (Å²) in [4.78, 5) is 31.7. The Morgan fingerprint density at radius 1 is 1.04 bits per heavy atom. The number of aryl methyl sites for hydroxylation is 5. The molecule has 10 nitrogen and oxygen atoms in total. The first-order chi connectivity index (χ1) is 26.8. The summed E-state index contributed by atoms with van der Waals surface area (Å²) in [5.41, 5.74) is 9.24. The zero-order valence-electron chi connectivity index (χ0n) is 33.0. The largest absolute Gasteiger partial charge is 0.494 e. The first kappa shape index (κ1) is 38.1. The highest BCUT2D eigenvalue weighted by atomic mass is 35.5. The number of amides is 1. The standard InChI is InChI=1S/C44H48Cl2N6O4/c1-24-19-31(20-25(2)39(24)45)56-18-10-14-33-32-12-8-13-34(38-26(3)47-49(7)27(38)4)40(32)51-28(5)42(46)52(43(53)41(33)51)37-23-50(22-30-11-9-17-48(30)6)36-16-15-29(44(54)55)21-35(36)37/h8,12-13,15-16,19-21,23,28,30,42H,9-11,14,17-18,22H2,1-7H3,(H,54,55)/t28?,30-,42+/m1/s1. The van der Waals surface area contributed by atoms with Crippen molar-refractivity contribution < 1.29 is 19.4 Å². The highest BCUT2D eigenvalue weighted by Crippen LogP contribution is 2.46. The van der Waals surface area contributed by atoms with Gasteiger partial charge < -0.3 is 23.9 Å². The van der Waals surface area contributed by atoms with E-state index >= 15 is 4.79 Å². The Morgan fingerprint density at radius 3 is 2.45 bits per heavy atom. The summed E-state index contributed by atoms with van der Waals surface area (Å²) in [6, 6.07) is 15.3. The van der Waals surface area contributed by atoms with E-state index in [0.717, 1.165) is 92.3 Å². The van der Waals surface area contributed by atoms with Crippen LogP contribution in [0.1, 0.15) is 81.2 Å². The van der Waals surface area contributed by atoms with E-state index in [-0.39, 0.29) is 17.5 Å². The SMILES string of the molecule is Cc1cc(OCCCc2c3n(c4c(-c5c(C)nn(C)c5C)cccc24)C(C)[C@@H](Cl)N(c2cn(C[C@H]4CCCN4C)c4ccc(C(=O)O)cc24)C3=O)cc(C)c1Cl. The van der Waals surface area contributed by atoms with Crippen LogP contribution in [0.2, 0.25) is 5.02 Å². The van der Waals surface area contributed by atoms with E-state index in [1.165, 1.54) is 0 Å². The van der Waals surface area contributed by atoms with Gasteiger partial charge in [0.2, 0.25) is 0 Å². The topological polar surface area (TPSA) is 97.8 Å². The number of likely N-dealkylation sites (N-methyl/N-ethyl adjacent to an activating group) is 1. The van der Waals surface area contributed by atoms with Crippen LogP contribution in [-0.4, -0.2) is 72.5 Å². The molecular weight excluding hydrogens is 747 g/mol. The van der Waals surface area contributed by atoms with Crippen LogP contribution < -0.4 is 9.64 Å². The number of fused-ring (bicyclic) bond motifs is 4. The lowest BCUT2D eigenvalue weighted by atomic mass is 9.98. The number of carboxylic acids is 1. The molecule has 12 heteroatoms. The summed E-state index contributed by atoms with van der Waals surface area (Å²) in [5.74, 6) is -0.480. The average molecular weight is 796 g/mol. The van der Waals surface area contributed by atoms with E-state index in [9.17, 15) is 9.90 Å². The maximum absolute atomic E-state index is 15.4. The quantitative estimate of drug-likeness (QED) is 0.0844. The molecule has 3 atom stereocenters. The van der Waals surface area contributed by atoms with Gasteiger partial charge in [-0.25, -0.2) is 4.79 Å². The lowest BCUT2D eigenvalue weighted by molar-refractivity contribution is 0.0696. The number of nitrogens with zero attached hydrogens (tertiary/aromatic N) is 6. The lowest BCUT2D eigenvalue weighted by Crippen LogP contribution is -2.47. The molecule has 1 fully saturated rings. The van der Waals surface area contributed by atoms with E-state index in [2.05, 4.69) is 53.1 Å². The van der Waals surface area contributed by atoms with Gasteiger partial charge in [-0.1, -0.05) is 41.4 Å². The van der Waals surface area contributed by atoms with Crippen molar-refractivity contribution in [2.24, 2.45) is 7.05 Å². The third-order valence-electron chi connectivity index (χ3n) is 12.1. The fraction of sp³-hybridized carbons (Fsp3) is 0.386. The third-order valence-corrected chi connectivity index (χ3v) is 13.2. The summed E-state index contributed by atoms with van der Waals surface area (Å²) >= 11 is 13.9. The van der Waals surface area contributed by atoms with Crippen molar-refractivity contribution in [1.82, 2.24) is 23.8 Å². The Kier molecular flexibility index (Phi) is 9.96. The number of carboxylic acid groups (broad SMARTS) is 1. The summed E-state index contributed by atoms with van der Waals surface area (Å²) < 4.78 is 12.5. The van der Waals surface area contributed by atoms with Crippen LogP contribution in [0.3, 0.4) is 0 Å². The number of anilines is 1. The average Bonchev–Trinajstić information content (AvgIpc) is 3.90. The predicted molar refractivity (Wildman–Crippen MR) is 224 cm³/mol. The molecule has 1 amide bonds. The molecule has 0 saturated carbocycles. The van der Waals surface area contributed by atoms with Crippen molar-refractivity contribution in [3.05, 3.63) is 99.1 Å². The Morgan fingerprint density at radius 2 is 1.79 bits per heavy atom. The van der Waals surface area contributed by atoms with Gasteiger partial charge in [0.05, 0.1) is 40.6 Å². The third kappa shape index (κ3) is 6.26. The minimum Gasteiger partial charge on any atom is -0.494 e. The zero-order chi connectivity index (χ0) is 39.7. The fourth-order valence-corrected chi connectivity index (χ4v) is 9.53. The number of halogens is 2. The van der Waals surface area contributed by atoms with Gasteiger partial charge in [0.25, 0.3) is 5.91 Å². The number of aromatic nitrogens is 4. The molecular formula is C44H48Cl2N6O4. The highest BCUT2D eigenvalue weighted by Gasteiger charge is 2.42. The minimum atomic E-state index is -1.02. The van der Waals surface area contributed by atoms with Gasteiger partial charge in [0.15, 0.2) is 0 Å². The van der Waals surface area contributed by atoms with Crippen LogP contribution in [0.4, 0.5) is 5.69 Å². The van der Waals surface area contributed by atoms with E-state index in [0.29, 0.717) is 42.3 Å². The molecule has 0 aliphatic carbocycles. The molecule has 56 heavy (non-hydrogen) atoms. The Balaban J connectivity index is 1.27.